The van der Waals surface area contributed by atoms with Crippen LogP contribution in [-0.4, -0.2) is 19.1 Å². The maximum atomic E-state index is 12.3. The summed E-state index contributed by atoms with van der Waals surface area (Å²) in [7, 11) is 0. The number of anilines is 1. The van der Waals surface area contributed by atoms with Gasteiger partial charge in [-0.2, -0.15) is 0 Å². The Bertz CT molecular complexity index is 721. The van der Waals surface area contributed by atoms with Crippen LogP contribution in [0.15, 0.2) is 36.4 Å². The summed E-state index contributed by atoms with van der Waals surface area (Å²) >= 11 is 8.07. The zero-order valence-electron chi connectivity index (χ0n) is 11.6. The van der Waals surface area contributed by atoms with Crippen molar-refractivity contribution in [1.82, 2.24) is 0 Å². The summed E-state index contributed by atoms with van der Waals surface area (Å²) in [6.45, 7) is 1.25. The first-order valence-corrected chi connectivity index (χ1v) is 8.25. The van der Waals surface area contributed by atoms with E-state index in [1.54, 1.807) is 30.3 Å². The molecule has 114 valence electrons. The number of fused-ring (bicyclic) bond motifs is 1. The second-order valence-corrected chi connectivity index (χ2v) is 6.36. The third-order valence-electron chi connectivity index (χ3n) is 3.19. The van der Waals surface area contributed by atoms with Gasteiger partial charge in [-0.1, -0.05) is 11.6 Å². The topological polar surface area (TPSA) is 47.6 Å². The van der Waals surface area contributed by atoms with Gasteiger partial charge >= 0.3 is 0 Å². The highest BCUT2D eigenvalue weighted by molar-refractivity contribution is 14.1. The fourth-order valence-corrected chi connectivity index (χ4v) is 2.71. The summed E-state index contributed by atoms with van der Waals surface area (Å²) in [5.74, 6) is 1.17. The molecule has 1 aliphatic rings. The molecule has 1 amide bonds. The Hall–Kier alpha value is -1.47. The van der Waals surface area contributed by atoms with E-state index < -0.39 is 0 Å². The lowest BCUT2D eigenvalue weighted by Crippen LogP contribution is -2.12. The van der Waals surface area contributed by atoms with Gasteiger partial charge in [0.05, 0.1) is 18.2 Å². The zero-order chi connectivity index (χ0) is 15.5. The normalized spacial score (nSPS) is 13.4. The number of rotatable bonds is 2. The number of carbonyl (C=O) groups is 1. The number of amides is 1. The molecule has 22 heavy (non-hydrogen) atoms. The number of nitrogens with one attached hydrogen (secondary N) is 1. The van der Waals surface area contributed by atoms with Gasteiger partial charge in [-0.05, 0) is 52.9 Å². The molecule has 1 heterocycles. The van der Waals surface area contributed by atoms with E-state index in [9.17, 15) is 4.79 Å². The Morgan fingerprint density at radius 3 is 2.64 bits per heavy atom. The van der Waals surface area contributed by atoms with Crippen LogP contribution < -0.4 is 14.8 Å². The number of benzene rings is 2. The van der Waals surface area contributed by atoms with Gasteiger partial charge in [0.25, 0.3) is 5.91 Å². The molecule has 0 radical (unpaired) electrons. The van der Waals surface area contributed by atoms with Crippen LogP contribution in [0.5, 0.6) is 11.5 Å². The molecule has 3 rings (SSSR count). The van der Waals surface area contributed by atoms with Crippen molar-refractivity contribution in [3.8, 4) is 11.5 Å². The molecule has 0 atom stereocenters. The standard InChI is InChI=1S/C16H13ClINO3/c17-12-4-2-10(8-13(12)18)16(20)19-11-3-5-14-15(9-11)22-7-1-6-21-14/h2-5,8-9H,1,6-7H2,(H,19,20). The van der Waals surface area contributed by atoms with Crippen molar-refractivity contribution in [2.45, 2.75) is 6.42 Å². The Morgan fingerprint density at radius 2 is 1.86 bits per heavy atom. The largest absolute Gasteiger partial charge is 0.490 e. The maximum absolute atomic E-state index is 12.3. The second kappa shape index (κ2) is 6.75. The van der Waals surface area contributed by atoms with E-state index in [1.807, 2.05) is 6.07 Å². The first-order valence-electron chi connectivity index (χ1n) is 6.79. The SMILES string of the molecule is O=C(Nc1ccc2c(c1)OCCCO2)c1ccc(Cl)c(I)c1. The second-order valence-electron chi connectivity index (χ2n) is 4.80. The van der Waals surface area contributed by atoms with Crippen molar-refractivity contribution in [2.75, 3.05) is 18.5 Å². The Kier molecular flexibility index (Phi) is 4.73. The summed E-state index contributed by atoms with van der Waals surface area (Å²) in [5.41, 5.74) is 1.22. The van der Waals surface area contributed by atoms with Crippen LogP contribution in [0.25, 0.3) is 0 Å². The number of halogens is 2. The first kappa shape index (κ1) is 15.4. The van der Waals surface area contributed by atoms with Gasteiger partial charge in [0.15, 0.2) is 11.5 Å². The lowest BCUT2D eigenvalue weighted by Gasteiger charge is -2.10. The smallest absolute Gasteiger partial charge is 0.255 e. The van der Waals surface area contributed by atoms with E-state index in [-0.39, 0.29) is 5.91 Å². The van der Waals surface area contributed by atoms with E-state index >= 15 is 0 Å². The molecule has 0 spiro atoms. The summed E-state index contributed by atoms with van der Waals surface area (Å²) < 4.78 is 12.0. The highest BCUT2D eigenvalue weighted by Gasteiger charge is 2.13. The van der Waals surface area contributed by atoms with Crippen LogP contribution in [0.3, 0.4) is 0 Å². The fourth-order valence-electron chi connectivity index (χ4n) is 2.08. The predicted molar refractivity (Wildman–Crippen MR) is 94.2 cm³/mol. The Balaban J connectivity index is 1.79. The lowest BCUT2D eigenvalue weighted by atomic mass is 10.2. The highest BCUT2D eigenvalue weighted by Crippen LogP contribution is 2.32. The van der Waals surface area contributed by atoms with Crippen LogP contribution in [0, 0.1) is 3.57 Å². The third kappa shape index (κ3) is 3.47. The van der Waals surface area contributed by atoms with Crippen LogP contribution in [0.2, 0.25) is 5.02 Å². The average molecular weight is 430 g/mol. The molecule has 0 saturated heterocycles. The van der Waals surface area contributed by atoms with E-state index in [0.29, 0.717) is 41.0 Å². The fraction of sp³-hybridized carbons (Fsp3) is 0.188. The molecule has 0 aliphatic carbocycles. The highest BCUT2D eigenvalue weighted by atomic mass is 127. The molecule has 0 bridgehead atoms. The van der Waals surface area contributed by atoms with E-state index in [0.717, 1.165) is 9.99 Å². The van der Waals surface area contributed by atoms with Crippen molar-refractivity contribution in [1.29, 1.82) is 0 Å². The molecule has 2 aromatic rings. The molecule has 2 aromatic carbocycles. The Morgan fingerprint density at radius 1 is 1.09 bits per heavy atom. The van der Waals surface area contributed by atoms with Crippen molar-refractivity contribution in [2.24, 2.45) is 0 Å². The molecule has 0 saturated carbocycles. The van der Waals surface area contributed by atoms with E-state index in [4.69, 9.17) is 21.1 Å². The lowest BCUT2D eigenvalue weighted by molar-refractivity contribution is 0.102. The Labute approximate surface area is 146 Å². The summed E-state index contributed by atoms with van der Waals surface area (Å²) in [4.78, 5) is 12.3. The van der Waals surface area contributed by atoms with Gasteiger partial charge in [0, 0.05) is 27.3 Å². The van der Waals surface area contributed by atoms with Gasteiger partial charge in [0.1, 0.15) is 0 Å². The molecule has 0 fully saturated rings. The number of ether oxygens (including phenoxy) is 2. The van der Waals surface area contributed by atoms with Gasteiger partial charge in [0.2, 0.25) is 0 Å². The molecule has 4 nitrogen and oxygen atoms in total. The maximum Gasteiger partial charge on any atom is 0.255 e. The molecule has 6 heteroatoms. The third-order valence-corrected chi connectivity index (χ3v) is 4.73. The quantitative estimate of drug-likeness (QED) is 0.722. The van der Waals surface area contributed by atoms with Gasteiger partial charge in [-0.25, -0.2) is 0 Å². The summed E-state index contributed by atoms with van der Waals surface area (Å²) in [5, 5.41) is 3.49. The number of hydrogen-bond donors (Lipinski definition) is 1. The van der Waals surface area contributed by atoms with Crippen LogP contribution in [0.1, 0.15) is 16.8 Å². The monoisotopic (exact) mass is 429 g/mol. The number of carbonyl (C=O) groups excluding carboxylic acids is 1. The van der Waals surface area contributed by atoms with Crippen LogP contribution >= 0.6 is 34.2 Å². The van der Waals surface area contributed by atoms with Crippen LogP contribution in [-0.2, 0) is 0 Å². The van der Waals surface area contributed by atoms with Gasteiger partial charge in [-0.3, -0.25) is 4.79 Å². The summed E-state index contributed by atoms with van der Waals surface area (Å²) in [6.07, 6.45) is 0.847. The molecular formula is C16H13ClINO3. The summed E-state index contributed by atoms with van der Waals surface area (Å²) in [6, 6.07) is 10.5. The van der Waals surface area contributed by atoms with Gasteiger partial charge < -0.3 is 14.8 Å². The minimum Gasteiger partial charge on any atom is -0.490 e. The van der Waals surface area contributed by atoms with Crippen molar-refractivity contribution in [3.05, 3.63) is 50.6 Å². The van der Waals surface area contributed by atoms with Crippen LogP contribution in [0.4, 0.5) is 5.69 Å². The molecule has 0 aromatic heterocycles. The molecule has 1 aliphatic heterocycles. The molecule has 1 N–H and O–H groups in total. The molecule has 0 unspecified atom stereocenters. The minimum atomic E-state index is -0.191. The van der Waals surface area contributed by atoms with Gasteiger partial charge in [-0.15, -0.1) is 0 Å². The van der Waals surface area contributed by atoms with Crippen molar-refractivity contribution in [3.63, 3.8) is 0 Å². The van der Waals surface area contributed by atoms with E-state index in [1.165, 1.54) is 0 Å². The molecular weight excluding hydrogens is 417 g/mol. The number of hydrogen-bond acceptors (Lipinski definition) is 3. The van der Waals surface area contributed by atoms with Crippen molar-refractivity contribution < 1.29 is 14.3 Å². The minimum absolute atomic E-state index is 0.191. The first-order chi connectivity index (χ1) is 10.6. The zero-order valence-corrected chi connectivity index (χ0v) is 14.5. The predicted octanol–water partition coefficient (Wildman–Crippen LogP) is 4.36. The van der Waals surface area contributed by atoms with E-state index in [2.05, 4.69) is 27.9 Å². The average Bonchev–Trinajstić information content (AvgIpc) is 2.74. The van der Waals surface area contributed by atoms with Crippen molar-refractivity contribution >= 4 is 45.8 Å².